The molecule has 0 unspecified atom stereocenters. The molecule has 0 spiro atoms. The van der Waals surface area contributed by atoms with Crippen LogP contribution in [0.15, 0.2) is 40.8 Å². The topological polar surface area (TPSA) is 103 Å². The number of phenolic OH excluding ortho intramolecular Hbond substituents is 1. The first-order chi connectivity index (χ1) is 15.1. The number of phenols is 1. The molecule has 1 aromatic heterocycles. The lowest BCUT2D eigenvalue weighted by molar-refractivity contribution is -0.153. The van der Waals surface area contributed by atoms with Crippen molar-refractivity contribution in [2.45, 2.75) is 6.18 Å². The van der Waals surface area contributed by atoms with Gasteiger partial charge in [0.1, 0.15) is 0 Å². The van der Waals surface area contributed by atoms with Crippen LogP contribution in [0.5, 0.6) is 17.2 Å². The number of halogens is 3. The fourth-order valence-corrected chi connectivity index (χ4v) is 3.58. The normalized spacial score (nSPS) is 12.9. The Balaban J connectivity index is 1.99. The van der Waals surface area contributed by atoms with Crippen molar-refractivity contribution in [3.8, 4) is 17.2 Å². The van der Waals surface area contributed by atoms with Gasteiger partial charge in [0.25, 0.3) is 0 Å². The summed E-state index contributed by atoms with van der Waals surface area (Å²) in [6.45, 7) is 0. The number of hydrogen-bond donors (Lipinski definition) is 1. The summed E-state index contributed by atoms with van der Waals surface area (Å²) in [5.74, 6) is -6.69. The predicted molar refractivity (Wildman–Crippen MR) is 102 cm³/mol. The lowest BCUT2D eigenvalue weighted by Gasteiger charge is -2.14. The third-order valence-electron chi connectivity index (χ3n) is 4.96. The van der Waals surface area contributed by atoms with Crippen molar-refractivity contribution in [1.82, 2.24) is 0 Å². The maximum absolute atomic E-state index is 13.8. The van der Waals surface area contributed by atoms with E-state index in [-0.39, 0.29) is 22.6 Å². The van der Waals surface area contributed by atoms with Crippen molar-refractivity contribution in [1.29, 1.82) is 0 Å². The summed E-state index contributed by atoms with van der Waals surface area (Å²) in [5.41, 5.74) is -2.61. The van der Waals surface area contributed by atoms with Crippen molar-refractivity contribution < 1.29 is 46.6 Å². The van der Waals surface area contributed by atoms with Gasteiger partial charge in [0.2, 0.25) is 17.3 Å². The molecule has 1 N–H and O–H groups in total. The number of ether oxygens (including phenoxy) is 2. The van der Waals surface area contributed by atoms with Gasteiger partial charge in [-0.1, -0.05) is 24.3 Å². The summed E-state index contributed by atoms with van der Waals surface area (Å²) < 4.78 is 56.1. The lowest BCUT2D eigenvalue weighted by atomic mass is 9.84. The molecule has 0 atom stereocenters. The molecule has 10 heteroatoms. The summed E-state index contributed by atoms with van der Waals surface area (Å²) in [6.07, 6.45) is -5.19. The number of rotatable bonds is 4. The van der Waals surface area contributed by atoms with E-state index in [1.807, 2.05) is 0 Å². The first kappa shape index (κ1) is 21.2. The molecule has 0 amide bonds. The molecule has 0 saturated carbocycles. The van der Waals surface area contributed by atoms with E-state index >= 15 is 0 Å². The molecule has 4 rings (SSSR count). The molecule has 164 valence electrons. The Bertz CT molecular complexity index is 1300. The number of furan rings is 1. The molecule has 0 radical (unpaired) electrons. The van der Waals surface area contributed by atoms with Gasteiger partial charge in [-0.15, -0.1) is 0 Å². The lowest BCUT2D eigenvalue weighted by Crippen LogP contribution is -2.22. The molecule has 1 aliphatic rings. The first-order valence-corrected chi connectivity index (χ1v) is 9.02. The van der Waals surface area contributed by atoms with Crippen molar-refractivity contribution in [2.75, 3.05) is 14.2 Å². The van der Waals surface area contributed by atoms with Crippen molar-refractivity contribution in [3.05, 3.63) is 75.7 Å². The second-order valence-electron chi connectivity index (χ2n) is 6.77. The molecule has 3 aromatic rings. The Labute approximate surface area is 178 Å². The number of alkyl halides is 3. The maximum Gasteiger partial charge on any atom is 0.450 e. The highest BCUT2D eigenvalue weighted by atomic mass is 19.4. The summed E-state index contributed by atoms with van der Waals surface area (Å²) >= 11 is 0. The van der Waals surface area contributed by atoms with Crippen LogP contribution in [0.25, 0.3) is 0 Å². The second kappa shape index (κ2) is 7.26. The molecule has 0 bridgehead atoms. The monoisotopic (exact) mass is 446 g/mol. The molecular formula is C22H13F3O7. The summed E-state index contributed by atoms with van der Waals surface area (Å²) in [5, 5.41) is 10.1. The van der Waals surface area contributed by atoms with E-state index in [0.717, 1.165) is 12.1 Å². The van der Waals surface area contributed by atoms with E-state index in [1.54, 1.807) is 0 Å². The summed E-state index contributed by atoms with van der Waals surface area (Å²) in [6, 6.07) is 7.35. The van der Waals surface area contributed by atoms with Gasteiger partial charge in [-0.05, 0) is 12.1 Å². The second-order valence-corrected chi connectivity index (χ2v) is 6.77. The number of carbonyl (C=O) groups excluding carboxylic acids is 3. The zero-order chi connectivity index (χ0) is 23.4. The van der Waals surface area contributed by atoms with Crippen LogP contribution in [0.4, 0.5) is 13.2 Å². The standard InChI is InChI=1S/C22H13F3O7/c1-30-13-8-9(7-12(26)19(13)31-2)16(27)15-14-17(28)10-5-3-4-6-11(10)18(29)20(14)32-21(15)22(23,24)25/h3-8,26H,1-2H3. The largest absolute Gasteiger partial charge is 0.504 e. The predicted octanol–water partition coefficient (Wildman–Crippen LogP) is 4.03. The highest BCUT2D eigenvalue weighted by molar-refractivity contribution is 6.31. The Morgan fingerprint density at radius 2 is 1.62 bits per heavy atom. The van der Waals surface area contributed by atoms with Gasteiger partial charge >= 0.3 is 6.18 Å². The maximum atomic E-state index is 13.8. The highest BCUT2D eigenvalue weighted by Gasteiger charge is 2.47. The van der Waals surface area contributed by atoms with Crippen LogP contribution in [-0.4, -0.2) is 36.7 Å². The molecule has 0 saturated heterocycles. The average Bonchev–Trinajstić information content (AvgIpc) is 3.18. The number of carbonyl (C=O) groups is 3. The fourth-order valence-electron chi connectivity index (χ4n) is 3.58. The van der Waals surface area contributed by atoms with Crippen LogP contribution in [0.3, 0.4) is 0 Å². The minimum atomic E-state index is -5.19. The third kappa shape index (κ3) is 3.03. The van der Waals surface area contributed by atoms with Crippen LogP contribution >= 0.6 is 0 Å². The van der Waals surface area contributed by atoms with Gasteiger partial charge in [0.15, 0.2) is 28.8 Å². The fraction of sp³-hybridized carbons (Fsp3) is 0.136. The number of aromatic hydroxyl groups is 1. The van der Waals surface area contributed by atoms with Crippen molar-refractivity contribution >= 4 is 17.3 Å². The van der Waals surface area contributed by atoms with E-state index in [2.05, 4.69) is 0 Å². The number of hydrogen-bond acceptors (Lipinski definition) is 7. The van der Waals surface area contributed by atoms with E-state index in [1.165, 1.54) is 38.5 Å². The molecule has 1 heterocycles. The third-order valence-corrected chi connectivity index (χ3v) is 4.96. The zero-order valence-corrected chi connectivity index (χ0v) is 16.5. The van der Waals surface area contributed by atoms with E-state index < -0.39 is 57.5 Å². The van der Waals surface area contributed by atoms with E-state index in [9.17, 15) is 32.7 Å². The van der Waals surface area contributed by atoms with Crippen LogP contribution in [0.2, 0.25) is 0 Å². The Morgan fingerprint density at radius 1 is 1.00 bits per heavy atom. The van der Waals surface area contributed by atoms with Crippen molar-refractivity contribution in [2.24, 2.45) is 0 Å². The Morgan fingerprint density at radius 3 is 2.19 bits per heavy atom. The molecule has 2 aromatic carbocycles. The van der Waals surface area contributed by atoms with Crippen LogP contribution < -0.4 is 9.47 Å². The Hall–Kier alpha value is -4.08. The summed E-state index contributed by atoms with van der Waals surface area (Å²) in [7, 11) is 2.42. The number of methoxy groups -OCH3 is 2. The number of benzene rings is 2. The molecular weight excluding hydrogens is 433 g/mol. The molecule has 32 heavy (non-hydrogen) atoms. The van der Waals surface area contributed by atoms with Crippen LogP contribution in [-0.2, 0) is 6.18 Å². The molecule has 0 aliphatic heterocycles. The smallest absolute Gasteiger partial charge is 0.450 e. The zero-order valence-electron chi connectivity index (χ0n) is 16.5. The van der Waals surface area contributed by atoms with Crippen LogP contribution in [0.1, 0.15) is 53.7 Å². The van der Waals surface area contributed by atoms with Gasteiger partial charge < -0.3 is 19.0 Å². The van der Waals surface area contributed by atoms with Gasteiger partial charge in [-0.2, -0.15) is 13.2 Å². The molecule has 0 fully saturated rings. The minimum Gasteiger partial charge on any atom is -0.504 e. The van der Waals surface area contributed by atoms with Crippen LogP contribution in [0, 0.1) is 0 Å². The molecule has 1 aliphatic carbocycles. The Kier molecular flexibility index (Phi) is 4.80. The number of fused-ring (bicyclic) bond motifs is 2. The SMILES string of the molecule is COc1cc(C(=O)c2c(C(F)(F)F)oc3c2C(=O)c2ccccc2C3=O)cc(O)c1OC. The van der Waals surface area contributed by atoms with Crippen molar-refractivity contribution in [3.63, 3.8) is 0 Å². The first-order valence-electron chi connectivity index (χ1n) is 9.02. The number of ketones is 3. The molecule has 7 nitrogen and oxygen atoms in total. The van der Waals surface area contributed by atoms with E-state index in [0.29, 0.717) is 0 Å². The van der Waals surface area contributed by atoms with Gasteiger partial charge in [0.05, 0.1) is 25.3 Å². The van der Waals surface area contributed by atoms with Gasteiger partial charge in [0, 0.05) is 16.7 Å². The quantitative estimate of drug-likeness (QED) is 0.472. The average molecular weight is 446 g/mol. The van der Waals surface area contributed by atoms with Gasteiger partial charge in [-0.25, -0.2) is 0 Å². The minimum absolute atomic E-state index is 0.129. The van der Waals surface area contributed by atoms with E-state index in [4.69, 9.17) is 13.9 Å². The summed E-state index contributed by atoms with van der Waals surface area (Å²) in [4.78, 5) is 39.0. The highest BCUT2D eigenvalue weighted by Crippen LogP contribution is 2.43. The van der Waals surface area contributed by atoms with Gasteiger partial charge in [-0.3, -0.25) is 14.4 Å².